The van der Waals surface area contributed by atoms with Crippen LogP contribution in [-0.2, 0) is 0 Å². The van der Waals surface area contributed by atoms with Crippen molar-refractivity contribution < 1.29 is 4.42 Å². The van der Waals surface area contributed by atoms with Crippen molar-refractivity contribution in [3.63, 3.8) is 0 Å². The molecule has 1 heterocycles. The molecule has 0 amide bonds. The molecular weight excluding hydrogens is 198 g/mol. The minimum atomic E-state index is 0.355. The number of aryl methyl sites for hydroxylation is 1. The zero-order valence-corrected chi connectivity index (χ0v) is 10.5. The molecule has 0 radical (unpaired) electrons. The highest BCUT2D eigenvalue weighted by Crippen LogP contribution is 2.21. The number of nitrogens with one attached hydrogen (secondary N) is 1. The first-order valence-electron chi connectivity index (χ1n) is 6.18. The van der Waals surface area contributed by atoms with Crippen molar-refractivity contribution in [3.05, 3.63) is 36.3 Å². The molecular formula is C14H23NO. The van der Waals surface area contributed by atoms with Crippen LogP contribution in [0.15, 0.2) is 29.2 Å². The number of furan rings is 1. The Balaban J connectivity index is 2.52. The summed E-state index contributed by atoms with van der Waals surface area (Å²) >= 11 is 0. The lowest BCUT2D eigenvalue weighted by atomic mass is 10.1. The van der Waals surface area contributed by atoms with Crippen LogP contribution in [0.1, 0.15) is 50.2 Å². The Kier molecular flexibility index (Phi) is 5.94. The summed E-state index contributed by atoms with van der Waals surface area (Å²) in [6, 6.07) is 4.47. The quantitative estimate of drug-likeness (QED) is 0.530. The van der Waals surface area contributed by atoms with Crippen molar-refractivity contribution in [3.8, 4) is 0 Å². The van der Waals surface area contributed by atoms with Gasteiger partial charge in [-0.2, -0.15) is 0 Å². The number of allylic oxidation sites excluding steroid dienone is 1. The first-order chi connectivity index (χ1) is 7.77. The number of rotatable bonds is 8. The van der Waals surface area contributed by atoms with Gasteiger partial charge in [-0.1, -0.05) is 13.0 Å². The molecule has 2 heteroatoms. The molecule has 0 fully saturated rings. The van der Waals surface area contributed by atoms with E-state index in [1.165, 1.54) is 0 Å². The summed E-state index contributed by atoms with van der Waals surface area (Å²) in [5.41, 5.74) is 0. The molecule has 2 nitrogen and oxygen atoms in total. The molecule has 1 N–H and O–H groups in total. The lowest BCUT2D eigenvalue weighted by Crippen LogP contribution is -2.21. The maximum Gasteiger partial charge on any atom is 0.121 e. The minimum Gasteiger partial charge on any atom is -0.465 e. The third-order valence-electron chi connectivity index (χ3n) is 2.65. The Morgan fingerprint density at radius 3 is 2.88 bits per heavy atom. The molecule has 0 bridgehead atoms. The van der Waals surface area contributed by atoms with Gasteiger partial charge < -0.3 is 9.73 Å². The van der Waals surface area contributed by atoms with Gasteiger partial charge in [0.05, 0.1) is 6.04 Å². The van der Waals surface area contributed by atoms with Crippen LogP contribution in [0, 0.1) is 6.92 Å². The van der Waals surface area contributed by atoms with E-state index in [1.54, 1.807) is 0 Å². The van der Waals surface area contributed by atoms with E-state index in [4.69, 9.17) is 4.42 Å². The minimum absolute atomic E-state index is 0.355. The third kappa shape index (κ3) is 4.23. The fourth-order valence-corrected chi connectivity index (χ4v) is 1.77. The van der Waals surface area contributed by atoms with Gasteiger partial charge in [-0.05, 0) is 51.3 Å². The van der Waals surface area contributed by atoms with Gasteiger partial charge in [0.1, 0.15) is 11.5 Å². The van der Waals surface area contributed by atoms with Gasteiger partial charge in [-0.15, -0.1) is 6.58 Å². The first-order valence-corrected chi connectivity index (χ1v) is 6.18. The van der Waals surface area contributed by atoms with Crippen molar-refractivity contribution in [1.82, 2.24) is 5.32 Å². The van der Waals surface area contributed by atoms with E-state index in [2.05, 4.69) is 24.9 Å². The summed E-state index contributed by atoms with van der Waals surface area (Å²) in [6.07, 6.45) is 6.47. The lowest BCUT2D eigenvalue weighted by Gasteiger charge is -2.15. The second-order valence-electron chi connectivity index (χ2n) is 4.17. The Morgan fingerprint density at radius 1 is 1.50 bits per heavy atom. The average molecular weight is 221 g/mol. The van der Waals surface area contributed by atoms with Crippen molar-refractivity contribution in [2.75, 3.05) is 6.54 Å². The zero-order valence-electron chi connectivity index (χ0n) is 10.5. The summed E-state index contributed by atoms with van der Waals surface area (Å²) < 4.78 is 5.69. The molecule has 90 valence electrons. The largest absolute Gasteiger partial charge is 0.465 e. The van der Waals surface area contributed by atoms with Gasteiger partial charge >= 0.3 is 0 Å². The van der Waals surface area contributed by atoms with Crippen molar-refractivity contribution in [2.24, 2.45) is 0 Å². The summed E-state index contributed by atoms with van der Waals surface area (Å²) in [4.78, 5) is 0. The summed E-state index contributed by atoms with van der Waals surface area (Å²) in [5.74, 6) is 2.05. The molecule has 0 aliphatic carbocycles. The molecule has 1 rings (SSSR count). The van der Waals surface area contributed by atoms with Crippen LogP contribution < -0.4 is 5.32 Å². The predicted molar refractivity (Wildman–Crippen MR) is 68.5 cm³/mol. The Labute approximate surface area is 98.7 Å². The van der Waals surface area contributed by atoms with Gasteiger partial charge in [0.15, 0.2) is 0 Å². The van der Waals surface area contributed by atoms with Crippen molar-refractivity contribution >= 4 is 0 Å². The number of unbranched alkanes of at least 4 members (excludes halogenated alkanes) is 1. The fourth-order valence-electron chi connectivity index (χ4n) is 1.77. The molecule has 0 saturated heterocycles. The highest BCUT2D eigenvalue weighted by atomic mass is 16.3. The Bertz CT molecular complexity index is 303. The highest BCUT2D eigenvalue weighted by molar-refractivity contribution is 5.09. The smallest absolute Gasteiger partial charge is 0.121 e. The number of hydrogen-bond acceptors (Lipinski definition) is 2. The van der Waals surface area contributed by atoms with Crippen LogP contribution in [-0.4, -0.2) is 6.54 Å². The molecule has 1 aromatic rings. The molecule has 0 aliphatic rings. The molecule has 16 heavy (non-hydrogen) atoms. The van der Waals surface area contributed by atoms with E-state index in [0.717, 1.165) is 43.7 Å². The number of hydrogen-bond donors (Lipinski definition) is 1. The molecule has 0 aliphatic heterocycles. The van der Waals surface area contributed by atoms with Crippen molar-refractivity contribution in [1.29, 1.82) is 0 Å². The van der Waals surface area contributed by atoms with Gasteiger partial charge in [0, 0.05) is 0 Å². The second kappa shape index (κ2) is 7.29. The highest BCUT2D eigenvalue weighted by Gasteiger charge is 2.13. The maximum absolute atomic E-state index is 5.69. The van der Waals surface area contributed by atoms with Crippen LogP contribution in [0.25, 0.3) is 0 Å². The van der Waals surface area contributed by atoms with E-state index in [9.17, 15) is 0 Å². The molecule has 1 unspecified atom stereocenters. The van der Waals surface area contributed by atoms with Crippen molar-refractivity contribution in [2.45, 2.75) is 45.6 Å². The summed E-state index contributed by atoms with van der Waals surface area (Å²) in [5, 5.41) is 3.53. The summed E-state index contributed by atoms with van der Waals surface area (Å²) in [6.45, 7) is 8.96. The van der Waals surface area contributed by atoms with Gasteiger partial charge in [-0.25, -0.2) is 0 Å². The molecule has 1 atom stereocenters. The third-order valence-corrected chi connectivity index (χ3v) is 2.65. The van der Waals surface area contributed by atoms with E-state index in [1.807, 2.05) is 19.1 Å². The Hall–Kier alpha value is -1.02. The zero-order chi connectivity index (χ0) is 11.8. The monoisotopic (exact) mass is 221 g/mol. The normalized spacial score (nSPS) is 12.6. The maximum atomic E-state index is 5.69. The predicted octanol–water partition coefficient (Wildman–Crippen LogP) is 3.99. The van der Waals surface area contributed by atoms with E-state index >= 15 is 0 Å². The summed E-state index contributed by atoms with van der Waals surface area (Å²) in [7, 11) is 0. The molecule has 0 spiro atoms. The van der Waals surface area contributed by atoms with E-state index in [0.29, 0.717) is 6.04 Å². The van der Waals surface area contributed by atoms with Crippen LogP contribution >= 0.6 is 0 Å². The van der Waals surface area contributed by atoms with Crippen LogP contribution in [0.2, 0.25) is 0 Å². The SMILES string of the molecule is C=CCCCC(NCCC)c1ccc(C)o1. The topological polar surface area (TPSA) is 25.2 Å². The second-order valence-corrected chi connectivity index (χ2v) is 4.17. The van der Waals surface area contributed by atoms with Gasteiger partial charge in [-0.3, -0.25) is 0 Å². The Morgan fingerprint density at radius 2 is 2.31 bits per heavy atom. The standard InChI is InChI=1S/C14H23NO/c1-4-6-7-8-13(15-11-5-2)14-10-9-12(3)16-14/h4,9-10,13,15H,1,5-8,11H2,2-3H3. The van der Waals surface area contributed by atoms with Gasteiger partial charge in [0.2, 0.25) is 0 Å². The van der Waals surface area contributed by atoms with Gasteiger partial charge in [0.25, 0.3) is 0 Å². The van der Waals surface area contributed by atoms with Crippen LogP contribution in [0.5, 0.6) is 0 Å². The molecule has 0 aromatic carbocycles. The van der Waals surface area contributed by atoms with Crippen LogP contribution in [0.4, 0.5) is 0 Å². The van der Waals surface area contributed by atoms with E-state index in [-0.39, 0.29) is 0 Å². The fraction of sp³-hybridized carbons (Fsp3) is 0.571. The average Bonchev–Trinajstić information content (AvgIpc) is 2.70. The van der Waals surface area contributed by atoms with E-state index < -0.39 is 0 Å². The molecule has 1 aromatic heterocycles. The lowest BCUT2D eigenvalue weighted by molar-refractivity contribution is 0.380. The molecule has 0 saturated carbocycles. The first kappa shape index (κ1) is 13.0. The van der Waals surface area contributed by atoms with Crippen LogP contribution in [0.3, 0.4) is 0 Å².